The van der Waals surface area contributed by atoms with Gasteiger partial charge in [0.05, 0.1) is 32.0 Å². The Kier molecular flexibility index (Phi) is 8.07. The zero-order chi connectivity index (χ0) is 24.8. The topological polar surface area (TPSA) is 95.0 Å². The number of carbonyl (C=O) groups is 3. The molecular formula is C26H29FN2O6. The quantitative estimate of drug-likeness (QED) is 0.440. The fourth-order valence-electron chi connectivity index (χ4n) is 4.74. The van der Waals surface area contributed by atoms with E-state index in [0.29, 0.717) is 43.9 Å². The van der Waals surface area contributed by atoms with Gasteiger partial charge in [-0.2, -0.15) is 0 Å². The van der Waals surface area contributed by atoms with E-state index in [1.54, 1.807) is 4.90 Å². The molecule has 3 atom stereocenters. The molecule has 1 unspecified atom stereocenters. The minimum absolute atomic E-state index is 0.0483. The molecule has 1 aliphatic heterocycles. The first kappa shape index (κ1) is 24.8. The molecule has 35 heavy (non-hydrogen) atoms. The maximum atomic E-state index is 13.5. The number of amides is 1. The molecule has 0 radical (unpaired) electrons. The largest absolute Gasteiger partial charge is 0.489 e. The number of methoxy groups -OCH3 is 1. The van der Waals surface area contributed by atoms with Crippen molar-refractivity contribution in [3.05, 3.63) is 59.7 Å². The van der Waals surface area contributed by atoms with Crippen LogP contribution in [0.15, 0.2) is 42.7 Å². The number of hydrogen-bond acceptors (Lipinski definition) is 7. The van der Waals surface area contributed by atoms with Crippen LogP contribution in [0.4, 0.5) is 4.39 Å². The van der Waals surface area contributed by atoms with Crippen molar-refractivity contribution in [3.8, 4) is 5.75 Å². The van der Waals surface area contributed by atoms with E-state index >= 15 is 0 Å². The highest BCUT2D eigenvalue weighted by Crippen LogP contribution is 2.34. The Balaban J connectivity index is 1.38. The number of carbonyl (C=O) groups excluding carboxylic acids is 3. The fraction of sp³-hybridized carbons (Fsp3) is 0.462. The van der Waals surface area contributed by atoms with Crippen LogP contribution in [0.5, 0.6) is 5.75 Å². The minimum Gasteiger partial charge on any atom is -0.489 e. The van der Waals surface area contributed by atoms with Gasteiger partial charge in [0.1, 0.15) is 24.3 Å². The number of rotatable bonds is 7. The number of benzene rings is 1. The molecule has 2 fully saturated rings. The van der Waals surface area contributed by atoms with Crippen molar-refractivity contribution < 1.29 is 33.0 Å². The van der Waals surface area contributed by atoms with Gasteiger partial charge in [0.25, 0.3) is 0 Å². The van der Waals surface area contributed by atoms with Gasteiger partial charge in [0, 0.05) is 30.1 Å². The SMILES string of the molecule is COC(=O)c1cncc(OCC2CN(C(=O)[C@H]3CCCC[C@@H]3C(=O)c3ccc(F)cc3)CCO2)c1. The number of aromatic nitrogens is 1. The van der Waals surface area contributed by atoms with Gasteiger partial charge < -0.3 is 19.1 Å². The van der Waals surface area contributed by atoms with Gasteiger partial charge in [-0.1, -0.05) is 12.8 Å². The van der Waals surface area contributed by atoms with E-state index in [2.05, 4.69) is 4.98 Å². The van der Waals surface area contributed by atoms with Crippen molar-refractivity contribution in [2.75, 3.05) is 33.4 Å². The summed E-state index contributed by atoms with van der Waals surface area (Å²) in [7, 11) is 1.29. The molecule has 2 aromatic rings. The van der Waals surface area contributed by atoms with Crippen molar-refractivity contribution >= 4 is 17.7 Å². The van der Waals surface area contributed by atoms with Crippen molar-refractivity contribution in [2.45, 2.75) is 31.8 Å². The minimum atomic E-state index is -0.508. The first-order chi connectivity index (χ1) is 17.0. The third-order valence-corrected chi connectivity index (χ3v) is 6.57. The van der Waals surface area contributed by atoms with Crippen LogP contribution in [-0.4, -0.2) is 67.1 Å². The average Bonchev–Trinajstić information content (AvgIpc) is 2.91. The molecule has 2 aliphatic rings. The molecule has 4 rings (SSSR count). The Morgan fingerprint density at radius 3 is 2.57 bits per heavy atom. The van der Waals surface area contributed by atoms with E-state index < -0.39 is 23.6 Å². The molecule has 1 aromatic carbocycles. The predicted molar refractivity (Wildman–Crippen MR) is 124 cm³/mol. The third kappa shape index (κ3) is 6.03. The summed E-state index contributed by atoms with van der Waals surface area (Å²) in [4.78, 5) is 44.1. The Hall–Kier alpha value is -3.33. The summed E-state index contributed by atoms with van der Waals surface area (Å²) in [6, 6.07) is 7.06. The smallest absolute Gasteiger partial charge is 0.339 e. The summed E-state index contributed by atoms with van der Waals surface area (Å²) >= 11 is 0. The molecule has 1 saturated carbocycles. The Labute approximate surface area is 203 Å². The van der Waals surface area contributed by atoms with E-state index in [-0.39, 0.29) is 30.0 Å². The molecule has 8 nitrogen and oxygen atoms in total. The van der Waals surface area contributed by atoms with Crippen LogP contribution < -0.4 is 4.74 Å². The standard InChI is InChI=1S/C26H29FN2O6/c1-33-26(32)18-12-20(14-28-13-18)35-16-21-15-29(10-11-34-21)25(31)23-5-3-2-4-22(23)24(30)17-6-8-19(27)9-7-17/h6-9,12-14,21-23H,2-5,10-11,15-16H2,1H3/t21?,22-,23-/m0/s1. The van der Waals surface area contributed by atoms with Gasteiger partial charge in [-0.05, 0) is 43.2 Å². The number of ether oxygens (including phenoxy) is 3. The summed E-state index contributed by atoms with van der Waals surface area (Å²) in [5.41, 5.74) is 0.715. The molecule has 0 N–H and O–H groups in total. The van der Waals surface area contributed by atoms with Crippen LogP contribution in [0.2, 0.25) is 0 Å². The van der Waals surface area contributed by atoms with Gasteiger partial charge in [0.15, 0.2) is 5.78 Å². The van der Waals surface area contributed by atoms with Gasteiger partial charge in [-0.3, -0.25) is 14.6 Å². The molecule has 1 aliphatic carbocycles. The van der Waals surface area contributed by atoms with Gasteiger partial charge >= 0.3 is 5.97 Å². The van der Waals surface area contributed by atoms with Crippen molar-refractivity contribution in [1.82, 2.24) is 9.88 Å². The zero-order valence-electron chi connectivity index (χ0n) is 19.7. The van der Waals surface area contributed by atoms with Crippen molar-refractivity contribution in [3.63, 3.8) is 0 Å². The summed E-state index contributed by atoms with van der Waals surface area (Å²) in [6.07, 6.45) is 5.61. The van der Waals surface area contributed by atoms with E-state index in [9.17, 15) is 18.8 Å². The molecule has 9 heteroatoms. The third-order valence-electron chi connectivity index (χ3n) is 6.57. The number of ketones is 1. The molecule has 1 aromatic heterocycles. The van der Waals surface area contributed by atoms with E-state index in [0.717, 1.165) is 12.8 Å². The van der Waals surface area contributed by atoms with Gasteiger partial charge in [-0.15, -0.1) is 0 Å². The predicted octanol–water partition coefficient (Wildman–Crippen LogP) is 3.30. The lowest BCUT2D eigenvalue weighted by Crippen LogP contribution is -2.51. The number of esters is 1. The lowest BCUT2D eigenvalue weighted by atomic mass is 9.74. The number of halogens is 1. The average molecular weight is 485 g/mol. The van der Waals surface area contributed by atoms with Crippen LogP contribution in [0, 0.1) is 17.7 Å². The molecule has 0 bridgehead atoms. The van der Waals surface area contributed by atoms with Crippen molar-refractivity contribution in [1.29, 1.82) is 0 Å². The van der Waals surface area contributed by atoms with Crippen LogP contribution in [0.1, 0.15) is 46.4 Å². The van der Waals surface area contributed by atoms with E-state index in [1.807, 2.05) is 0 Å². The second-order valence-electron chi connectivity index (χ2n) is 8.86. The first-order valence-electron chi connectivity index (χ1n) is 11.8. The molecule has 186 valence electrons. The molecule has 2 heterocycles. The van der Waals surface area contributed by atoms with Crippen LogP contribution in [0.25, 0.3) is 0 Å². The van der Waals surface area contributed by atoms with E-state index in [4.69, 9.17) is 14.2 Å². The zero-order valence-corrected chi connectivity index (χ0v) is 19.7. The molecular weight excluding hydrogens is 455 g/mol. The van der Waals surface area contributed by atoms with Crippen LogP contribution >= 0.6 is 0 Å². The maximum absolute atomic E-state index is 13.5. The summed E-state index contributed by atoms with van der Waals surface area (Å²) < 4.78 is 29.6. The first-order valence-corrected chi connectivity index (χ1v) is 11.8. The number of Topliss-reactive ketones (excluding diaryl/α,β-unsaturated/α-hetero) is 1. The normalized spacial score (nSPS) is 22.3. The second-order valence-corrected chi connectivity index (χ2v) is 8.86. The maximum Gasteiger partial charge on any atom is 0.339 e. The number of hydrogen-bond donors (Lipinski definition) is 0. The van der Waals surface area contributed by atoms with Crippen molar-refractivity contribution in [2.24, 2.45) is 11.8 Å². The highest BCUT2D eigenvalue weighted by molar-refractivity contribution is 6.00. The van der Waals surface area contributed by atoms with E-state index in [1.165, 1.54) is 49.8 Å². The lowest BCUT2D eigenvalue weighted by molar-refractivity contribution is -0.146. The number of nitrogens with zero attached hydrogens (tertiary/aromatic N) is 2. The van der Waals surface area contributed by atoms with Gasteiger partial charge in [-0.25, -0.2) is 9.18 Å². The number of morpholine rings is 1. The fourth-order valence-corrected chi connectivity index (χ4v) is 4.74. The highest BCUT2D eigenvalue weighted by Gasteiger charge is 2.39. The van der Waals surface area contributed by atoms with Gasteiger partial charge in [0.2, 0.25) is 5.91 Å². The number of pyridine rings is 1. The Bertz CT molecular complexity index is 1060. The Morgan fingerprint density at radius 2 is 1.83 bits per heavy atom. The highest BCUT2D eigenvalue weighted by atomic mass is 19.1. The second kappa shape index (κ2) is 11.4. The van der Waals surface area contributed by atoms with Crippen LogP contribution in [0.3, 0.4) is 0 Å². The Morgan fingerprint density at radius 1 is 1.09 bits per heavy atom. The summed E-state index contributed by atoms with van der Waals surface area (Å²) in [5, 5.41) is 0. The monoisotopic (exact) mass is 484 g/mol. The molecule has 0 spiro atoms. The molecule has 1 saturated heterocycles. The van der Waals surface area contributed by atoms with Crippen LogP contribution in [-0.2, 0) is 14.3 Å². The molecule has 1 amide bonds. The summed E-state index contributed by atoms with van der Waals surface area (Å²) in [6.45, 7) is 1.34. The lowest BCUT2D eigenvalue weighted by Gasteiger charge is -2.38. The summed E-state index contributed by atoms with van der Waals surface area (Å²) in [5.74, 6) is -1.47.